The van der Waals surface area contributed by atoms with Gasteiger partial charge in [0.05, 0.1) is 19.1 Å². The molecule has 2 aliphatic rings. The van der Waals surface area contributed by atoms with Crippen LogP contribution in [-0.2, 0) is 9.53 Å². The van der Waals surface area contributed by atoms with Crippen molar-refractivity contribution >= 4 is 11.7 Å². The van der Waals surface area contributed by atoms with Crippen LogP contribution in [0.2, 0.25) is 0 Å². The van der Waals surface area contributed by atoms with Gasteiger partial charge in [-0.1, -0.05) is 6.07 Å². The molecule has 0 aliphatic carbocycles. The molecule has 0 saturated carbocycles. The van der Waals surface area contributed by atoms with Crippen molar-refractivity contribution < 1.29 is 14.3 Å². The summed E-state index contributed by atoms with van der Waals surface area (Å²) >= 11 is 0. The molecule has 6 nitrogen and oxygen atoms in total. The zero-order valence-electron chi connectivity index (χ0n) is 13.0. The molecule has 120 valence electrons. The minimum Gasteiger partial charge on any atom is -0.478 e. The number of hydrogen-bond acceptors (Lipinski definition) is 5. The summed E-state index contributed by atoms with van der Waals surface area (Å²) in [5.41, 5.74) is 0. The van der Waals surface area contributed by atoms with Crippen LogP contribution in [0.4, 0.5) is 5.82 Å². The molecule has 2 saturated heterocycles. The number of hydrogen-bond donors (Lipinski definition) is 0. The summed E-state index contributed by atoms with van der Waals surface area (Å²) in [6.45, 7) is 6.96. The van der Waals surface area contributed by atoms with E-state index in [1.165, 1.54) is 0 Å². The largest absolute Gasteiger partial charge is 0.478 e. The first-order chi connectivity index (χ1) is 10.8. The van der Waals surface area contributed by atoms with Gasteiger partial charge in [0, 0.05) is 38.9 Å². The molecule has 22 heavy (non-hydrogen) atoms. The molecule has 1 aromatic rings. The van der Waals surface area contributed by atoms with Crippen molar-refractivity contribution in [2.45, 2.75) is 13.3 Å². The number of aromatic nitrogens is 1. The first-order valence-corrected chi connectivity index (χ1v) is 7.99. The Morgan fingerprint density at radius 1 is 1.36 bits per heavy atom. The number of nitrogens with zero attached hydrogens (tertiary/aromatic N) is 3. The number of rotatable bonds is 4. The lowest BCUT2D eigenvalue weighted by molar-refractivity contribution is -0.135. The van der Waals surface area contributed by atoms with Gasteiger partial charge < -0.3 is 19.3 Å². The van der Waals surface area contributed by atoms with Crippen molar-refractivity contribution in [3.8, 4) is 5.88 Å². The Balaban J connectivity index is 1.57. The van der Waals surface area contributed by atoms with Gasteiger partial charge in [-0.15, -0.1) is 0 Å². The van der Waals surface area contributed by atoms with Crippen LogP contribution in [-0.4, -0.2) is 61.8 Å². The molecule has 2 fully saturated rings. The summed E-state index contributed by atoms with van der Waals surface area (Å²) in [6.07, 6.45) is 0.858. The number of pyridine rings is 1. The highest BCUT2D eigenvalue weighted by Crippen LogP contribution is 2.20. The Morgan fingerprint density at radius 3 is 2.86 bits per heavy atom. The minimum atomic E-state index is 0.0611. The number of piperazine rings is 1. The lowest BCUT2D eigenvalue weighted by Crippen LogP contribution is -2.50. The molecule has 6 heteroatoms. The van der Waals surface area contributed by atoms with Crippen LogP contribution >= 0.6 is 0 Å². The highest BCUT2D eigenvalue weighted by molar-refractivity contribution is 5.79. The number of ether oxygens (including phenoxy) is 2. The maximum Gasteiger partial charge on any atom is 0.228 e. The maximum atomic E-state index is 12.4. The van der Waals surface area contributed by atoms with E-state index in [4.69, 9.17) is 9.47 Å². The van der Waals surface area contributed by atoms with Gasteiger partial charge >= 0.3 is 0 Å². The summed E-state index contributed by atoms with van der Waals surface area (Å²) in [6, 6.07) is 5.82. The van der Waals surface area contributed by atoms with E-state index in [1.54, 1.807) is 0 Å². The molecule has 0 N–H and O–H groups in total. The molecule has 2 aliphatic heterocycles. The normalized spacial score (nSPS) is 22.0. The Kier molecular flexibility index (Phi) is 4.77. The molecule has 0 unspecified atom stereocenters. The third-order valence-corrected chi connectivity index (χ3v) is 4.20. The molecule has 0 bridgehead atoms. The van der Waals surface area contributed by atoms with E-state index in [0.29, 0.717) is 25.7 Å². The zero-order chi connectivity index (χ0) is 15.4. The fourth-order valence-electron chi connectivity index (χ4n) is 2.95. The van der Waals surface area contributed by atoms with E-state index in [1.807, 2.05) is 30.0 Å². The molecule has 0 aromatic carbocycles. The summed E-state index contributed by atoms with van der Waals surface area (Å²) in [5, 5.41) is 0. The maximum absolute atomic E-state index is 12.4. The van der Waals surface area contributed by atoms with Crippen molar-refractivity contribution in [3.05, 3.63) is 18.2 Å². The number of anilines is 1. The number of carbonyl (C=O) groups excluding carboxylic acids is 1. The predicted octanol–water partition coefficient (Wildman–Crippen LogP) is 1.17. The van der Waals surface area contributed by atoms with E-state index >= 15 is 0 Å². The van der Waals surface area contributed by atoms with E-state index in [0.717, 1.165) is 38.4 Å². The molecule has 1 amide bonds. The standard InChI is InChI=1S/C16H23N3O3/c1-2-22-15-5-3-4-14(17-15)18-7-9-19(10-8-18)16(20)13-6-11-21-12-13/h3-5,13H,2,6-12H2,1H3/t13-/m1/s1. The van der Waals surface area contributed by atoms with Crippen LogP contribution < -0.4 is 9.64 Å². The molecular weight excluding hydrogens is 282 g/mol. The second kappa shape index (κ2) is 6.96. The summed E-state index contributed by atoms with van der Waals surface area (Å²) in [4.78, 5) is 21.1. The van der Waals surface area contributed by atoms with Gasteiger partial charge in [0.2, 0.25) is 11.8 Å². The minimum absolute atomic E-state index is 0.0611. The number of amides is 1. The Bertz CT molecular complexity index is 509. The Morgan fingerprint density at radius 2 is 2.18 bits per heavy atom. The smallest absolute Gasteiger partial charge is 0.228 e. The summed E-state index contributed by atoms with van der Waals surface area (Å²) in [7, 11) is 0. The second-order valence-corrected chi connectivity index (χ2v) is 5.64. The van der Waals surface area contributed by atoms with Gasteiger partial charge in [-0.25, -0.2) is 0 Å². The Labute approximate surface area is 131 Å². The fraction of sp³-hybridized carbons (Fsp3) is 0.625. The molecule has 0 spiro atoms. The van der Waals surface area contributed by atoms with Crippen LogP contribution in [0.1, 0.15) is 13.3 Å². The first kappa shape index (κ1) is 15.1. The van der Waals surface area contributed by atoms with E-state index in [-0.39, 0.29) is 11.8 Å². The van der Waals surface area contributed by atoms with Crippen molar-refractivity contribution in [2.75, 3.05) is 50.9 Å². The topological polar surface area (TPSA) is 54.9 Å². The average molecular weight is 305 g/mol. The fourth-order valence-corrected chi connectivity index (χ4v) is 2.95. The SMILES string of the molecule is CCOc1cccc(N2CCN(C(=O)[C@@H]3CCOC3)CC2)n1. The second-order valence-electron chi connectivity index (χ2n) is 5.64. The van der Waals surface area contributed by atoms with Gasteiger partial charge in [0.15, 0.2) is 0 Å². The van der Waals surface area contributed by atoms with Gasteiger partial charge in [-0.2, -0.15) is 4.98 Å². The average Bonchev–Trinajstić information content (AvgIpc) is 3.09. The van der Waals surface area contributed by atoms with Gasteiger partial charge in [-0.3, -0.25) is 4.79 Å². The lowest BCUT2D eigenvalue weighted by Gasteiger charge is -2.36. The van der Waals surface area contributed by atoms with Crippen molar-refractivity contribution in [1.82, 2.24) is 9.88 Å². The summed E-state index contributed by atoms with van der Waals surface area (Å²) in [5.74, 6) is 1.88. The summed E-state index contributed by atoms with van der Waals surface area (Å²) < 4.78 is 10.8. The first-order valence-electron chi connectivity index (χ1n) is 7.99. The quantitative estimate of drug-likeness (QED) is 0.836. The molecule has 1 atom stereocenters. The highest BCUT2D eigenvalue weighted by atomic mass is 16.5. The van der Waals surface area contributed by atoms with Crippen molar-refractivity contribution in [3.63, 3.8) is 0 Å². The van der Waals surface area contributed by atoms with Crippen LogP contribution in [0.3, 0.4) is 0 Å². The van der Waals surface area contributed by atoms with Crippen LogP contribution in [0.25, 0.3) is 0 Å². The van der Waals surface area contributed by atoms with Crippen molar-refractivity contribution in [2.24, 2.45) is 5.92 Å². The molecule has 0 radical (unpaired) electrons. The predicted molar refractivity (Wildman–Crippen MR) is 83.1 cm³/mol. The van der Waals surface area contributed by atoms with Crippen LogP contribution in [0.15, 0.2) is 18.2 Å². The number of carbonyl (C=O) groups is 1. The monoisotopic (exact) mass is 305 g/mol. The van der Waals surface area contributed by atoms with E-state index < -0.39 is 0 Å². The van der Waals surface area contributed by atoms with Gasteiger partial charge in [0.1, 0.15) is 5.82 Å². The molecule has 1 aromatic heterocycles. The van der Waals surface area contributed by atoms with Gasteiger partial charge in [-0.05, 0) is 19.4 Å². The van der Waals surface area contributed by atoms with E-state index in [9.17, 15) is 4.79 Å². The molecular formula is C16H23N3O3. The van der Waals surface area contributed by atoms with Gasteiger partial charge in [0.25, 0.3) is 0 Å². The third kappa shape index (κ3) is 3.32. The van der Waals surface area contributed by atoms with Crippen molar-refractivity contribution in [1.29, 1.82) is 0 Å². The van der Waals surface area contributed by atoms with Crippen LogP contribution in [0.5, 0.6) is 5.88 Å². The zero-order valence-corrected chi connectivity index (χ0v) is 13.0. The van der Waals surface area contributed by atoms with E-state index in [2.05, 4.69) is 9.88 Å². The van der Waals surface area contributed by atoms with Crippen LogP contribution in [0, 0.1) is 5.92 Å². The molecule has 3 heterocycles. The third-order valence-electron chi connectivity index (χ3n) is 4.20. The Hall–Kier alpha value is -1.82. The molecule has 3 rings (SSSR count). The highest BCUT2D eigenvalue weighted by Gasteiger charge is 2.30. The lowest BCUT2D eigenvalue weighted by atomic mass is 10.1.